The van der Waals surface area contributed by atoms with Gasteiger partial charge in [-0.15, -0.1) is 0 Å². The van der Waals surface area contributed by atoms with Crippen LogP contribution in [0.5, 0.6) is 0 Å². The fraction of sp³-hybridized carbons (Fsp3) is 0.273. The van der Waals surface area contributed by atoms with Crippen molar-refractivity contribution in [1.29, 1.82) is 0 Å². The molecule has 0 aliphatic carbocycles. The molecule has 0 saturated heterocycles. The van der Waals surface area contributed by atoms with E-state index in [1.807, 2.05) is 43.3 Å². The van der Waals surface area contributed by atoms with Crippen LogP contribution >= 0.6 is 0 Å². The van der Waals surface area contributed by atoms with E-state index in [0.29, 0.717) is 0 Å². The van der Waals surface area contributed by atoms with E-state index in [2.05, 4.69) is 10.3 Å². The van der Waals surface area contributed by atoms with Crippen molar-refractivity contribution in [2.24, 2.45) is 4.99 Å². The van der Waals surface area contributed by atoms with Crippen molar-refractivity contribution >= 4 is 23.6 Å². The van der Waals surface area contributed by atoms with Crippen molar-refractivity contribution in [2.75, 3.05) is 19.4 Å². The van der Waals surface area contributed by atoms with Crippen molar-refractivity contribution < 1.29 is 4.79 Å². The quantitative estimate of drug-likeness (QED) is 0.604. The fourth-order valence-electron chi connectivity index (χ4n) is 1.02. The molecule has 1 N–H and O–H groups in total. The number of benzene rings is 1. The molecule has 1 aromatic rings. The second-order valence-electron chi connectivity index (χ2n) is 3.44. The van der Waals surface area contributed by atoms with E-state index in [0.717, 1.165) is 11.4 Å². The van der Waals surface area contributed by atoms with Crippen LogP contribution in [-0.4, -0.2) is 31.2 Å². The average molecular weight is 205 g/mol. The van der Waals surface area contributed by atoms with Gasteiger partial charge in [-0.05, 0) is 24.3 Å². The Labute approximate surface area is 89.6 Å². The monoisotopic (exact) mass is 205 g/mol. The molecule has 4 nitrogen and oxygen atoms in total. The predicted octanol–water partition coefficient (Wildman–Crippen LogP) is 1.87. The summed E-state index contributed by atoms with van der Waals surface area (Å²) in [6, 6.07) is 7.35. The van der Waals surface area contributed by atoms with Crippen LogP contribution in [0.3, 0.4) is 0 Å². The van der Waals surface area contributed by atoms with Crippen molar-refractivity contribution in [3.63, 3.8) is 0 Å². The molecule has 0 aliphatic heterocycles. The molecule has 0 atom stereocenters. The van der Waals surface area contributed by atoms with Crippen LogP contribution in [-0.2, 0) is 4.79 Å². The third-order valence-electron chi connectivity index (χ3n) is 1.63. The molecule has 15 heavy (non-hydrogen) atoms. The highest BCUT2D eigenvalue weighted by molar-refractivity contribution is 5.88. The Morgan fingerprint density at radius 1 is 1.33 bits per heavy atom. The number of carbonyl (C=O) groups excluding carboxylic acids is 1. The van der Waals surface area contributed by atoms with E-state index in [9.17, 15) is 4.79 Å². The Balaban J connectivity index is 2.68. The molecule has 0 aliphatic rings. The van der Waals surface area contributed by atoms with E-state index in [-0.39, 0.29) is 5.91 Å². The van der Waals surface area contributed by atoms with Crippen LogP contribution in [0.2, 0.25) is 0 Å². The lowest BCUT2D eigenvalue weighted by Gasteiger charge is -2.03. The average Bonchev–Trinajstić information content (AvgIpc) is 2.16. The highest BCUT2D eigenvalue weighted by Gasteiger charge is 1.94. The molecule has 0 fully saturated rings. The smallest absolute Gasteiger partial charge is 0.221 e. The number of aliphatic imine (C=N–C) groups is 1. The van der Waals surface area contributed by atoms with Crippen molar-refractivity contribution in [3.05, 3.63) is 24.3 Å². The second kappa shape index (κ2) is 5.14. The molecular formula is C11H15N3O. The summed E-state index contributed by atoms with van der Waals surface area (Å²) in [6.45, 7) is 1.48. The summed E-state index contributed by atoms with van der Waals surface area (Å²) >= 11 is 0. The molecule has 0 heterocycles. The molecular weight excluding hydrogens is 190 g/mol. The number of carbonyl (C=O) groups is 1. The van der Waals surface area contributed by atoms with Crippen LogP contribution in [0.15, 0.2) is 29.3 Å². The van der Waals surface area contributed by atoms with Gasteiger partial charge in [0.05, 0.1) is 12.0 Å². The number of rotatable bonds is 3. The SMILES string of the molecule is CC(=O)Nc1ccc(N=CN(C)C)cc1. The zero-order valence-corrected chi connectivity index (χ0v) is 9.19. The zero-order chi connectivity index (χ0) is 11.3. The maximum Gasteiger partial charge on any atom is 0.221 e. The van der Waals surface area contributed by atoms with Crippen LogP contribution < -0.4 is 5.32 Å². The van der Waals surface area contributed by atoms with E-state index in [1.165, 1.54) is 6.92 Å². The van der Waals surface area contributed by atoms with Gasteiger partial charge in [-0.2, -0.15) is 0 Å². The summed E-state index contributed by atoms with van der Waals surface area (Å²) in [5.74, 6) is -0.0699. The van der Waals surface area contributed by atoms with Gasteiger partial charge in [0.25, 0.3) is 0 Å². The Morgan fingerprint density at radius 3 is 2.40 bits per heavy atom. The highest BCUT2D eigenvalue weighted by Crippen LogP contribution is 2.15. The molecule has 0 radical (unpaired) electrons. The van der Waals surface area contributed by atoms with Gasteiger partial charge < -0.3 is 10.2 Å². The van der Waals surface area contributed by atoms with Crippen LogP contribution in [0.4, 0.5) is 11.4 Å². The van der Waals surface area contributed by atoms with Gasteiger partial charge in [0.1, 0.15) is 0 Å². The van der Waals surface area contributed by atoms with Gasteiger partial charge in [-0.25, -0.2) is 4.99 Å². The maximum atomic E-state index is 10.8. The molecule has 1 aromatic carbocycles. The van der Waals surface area contributed by atoms with Gasteiger partial charge in [-0.1, -0.05) is 0 Å². The van der Waals surface area contributed by atoms with E-state index < -0.39 is 0 Å². The second-order valence-corrected chi connectivity index (χ2v) is 3.44. The third kappa shape index (κ3) is 4.26. The van der Waals surface area contributed by atoms with Crippen molar-refractivity contribution in [3.8, 4) is 0 Å². The van der Waals surface area contributed by atoms with E-state index >= 15 is 0 Å². The van der Waals surface area contributed by atoms with Crippen molar-refractivity contribution in [1.82, 2.24) is 4.90 Å². The van der Waals surface area contributed by atoms with Crippen LogP contribution in [0, 0.1) is 0 Å². The van der Waals surface area contributed by atoms with Gasteiger partial charge in [-0.3, -0.25) is 4.79 Å². The maximum absolute atomic E-state index is 10.8. The molecule has 1 rings (SSSR count). The molecule has 1 amide bonds. The Morgan fingerprint density at radius 2 is 1.93 bits per heavy atom. The first-order chi connectivity index (χ1) is 7.08. The zero-order valence-electron chi connectivity index (χ0n) is 9.19. The molecule has 0 bridgehead atoms. The number of hydrogen-bond donors (Lipinski definition) is 1. The fourth-order valence-corrected chi connectivity index (χ4v) is 1.02. The van der Waals surface area contributed by atoms with E-state index in [4.69, 9.17) is 0 Å². The van der Waals surface area contributed by atoms with Crippen LogP contribution in [0.25, 0.3) is 0 Å². The van der Waals surface area contributed by atoms with Crippen LogP contribution in [0.1, 0.15) is 6.92 Å². The Bertz CT molecular complexity index is 355. The molecule has 80 valence electrons. The van der Waals surface area contributed by atoms with Gasteiger partial charge in [0.2, 0.25) is 5.91 Å². The molecule has 4 heteroatoms. The third-order valence-corrected chi connectivity index (χ3v) is 1.63. The standard InChI is InChI=1S/C11H15N3O/c1-9(15)13-11-6-4-10(5-7-11)12-8-14(2)3/h4-8H,1-3H3,(H,13,15). The predicted molar refractivity (Wildman–Crippen MR) is 62.6 cm³/mol. The summed E-state index contributed by atoms with van der Waals surface area (Å²) in [5, 5.41) is 2.70. The molecule has 0 spiro atoms. The van der Waals surface area contributed by atoms with Gasteiger partial charge >= 0.3 is 0 Å². The summed E-state index contributed by atoms with van der Waals surface area (Å²) in [5.41, 5.74) is 1.64. The molecule has 0 unspecified atom stereocenters. The summed E-state index contributed by atoms with van der Waals surface area (Å²) < 4.78 is 0. The summed E-state index contributed by atoms with van der Waals surface area (Å²) in [7, 11) is 3.82. The largest absolute Gasteiger partial charge is 0.369 e. The lowest BCUT2D eigenvalue weighted by molar-refractivity contribution is -0.114. The lowest BCUT2D eigenvalue weighted by Crippen LogP contribution is -2.07. The first kappa shape index (κ1) is 11.2. The summed E-state index contributed by atoms with van der Waals surface area (Å²) in [4.78, 5) is 16.8. The number of amides is 1. The topological polar surface area (TPSA) is 44.7 Å². The minimum atomic E-state index is -0.0699. The molecule has 0 aromatic heterocycles. The number of nitrogens with zero attached hydrogens (tertiary/aromatic N) is 2. The first-order valence-corrected chi connectivity index (χ1v) is 4.66. The minimum absolute atomic E-state index is 0.0699. The summed E-state index contributed by atoms with van der Waals surface area (Å²) in [6.07, 6.45) is 1.73. The Kier molecular flexibility index (Phi) is 3.85. The number of nitrogens with one attached hydrogen (secondary N) is 1. The number of hydrogen-bond acceptors (Lipinski definition) is 2. The van der Waals surface area contributed by atoms with E-state index in [1.54, 1.807) is 6.34 Å². The normalized spacial score (nSPS) is 10.3. The molecule has 0 saturated carbocycles. The van der Waals surface area contributed by atoms with Crippen molar-refractivity contribution in [2.45, 2.75) is 6.92 Å². The van der Waals surface area contributed by atoms with Gasteiger partial charge in [0, 0.05) is 26.7 Å². The van der Waals surface area contributed by atoms with Gasteiger partial charge in [0.15, 0.2) is 0 Å². The Hall–Kier alpha value is -1.84. The highest BCUT2D eigenvalue weighted by atomic mass is 16.1. The lowest BCUT2D eigenvalue weighted by atomic mass is 10.3. The minimum Gasteiger partial charge on any atom is -0.369 e. The number of anilines is 1. The first-order valence-electron chi connectivity index (χ1n) is 4.66.